The van der Waals surface area contributed by atoms with Crippen LogP contribution in [0, 0.1) is 0 Å². The Bertz CT molecular complexity index is 96.3. The van der Waals surface area contributed by atoms with Crippen molar-refractivity contribution in [3.63, 3.8) is 0 Å². The van der Waals surface area contributed by atoms with Gasteiger partial charge in [-0.25, -0.2) is 0 Å². The summed E-state index contributed by atoms with van der Waals surface area (Å²) in [5.41, 5.74) is 0. The maximum Gasteiger partial charge on any atom is 0.114 e. The molecule has 0 radical (unpaired) electrons. The average Bonchev–Trinajstić information content (AvgIpc) is 1.69. The molecule has 7 heavy (non-hydrogen) atoms. The molecule has 1 rings (SSSR count). The third kappa shape index (κ3) is 1.23. The summed E-state index contributed by atoms with van der Waals surface area (Å²) in [6, 6.07) is 0. The van der Waals surface area contributed by atoms with Gasteiger partial charge in [0.15, 0.2) is 0 Å². The van der Waals surface area contributed by atoms with Crippen molar-refractivity contribution in [2.45, 2.75) is 5.37 Å². The van der Waals surface area contributed by atoms with E-state index in [0.717, 1.165) is 0 Å². The highest BCUT2D eigenvalue weighted by Crippen LogP contribution is 1.98. The van der Waals surface area contributed by atoms with E-state index in [0.29, 0.717) is 0 Å². The van der Waals surface area contributed by atoms with Crippen LogP contribution in [0.1, 0.15) is 0 Å². The maximum absolute atomic E-state index is 4.04. The Kier molecular flexibility index (Phi) is 1.36. The zero-order valence-corrected chi connectivity index (χ0v) is 4.60. The zero-order valence-electron chi connectivity index (χ0n) is 3.70. The van der Waals surface area contributed by atoms with Crippen LogP contribution in [0.25, 0.3) is 0 Å². The Balaban J connectivity index is 2.49. The molecule has 1 unspecified atom stereocenters. The van der Waals surface area contributed by atoms with Crippen LogP contribution in [-0.2, 0) is 0 Å². The van der Waals surface area contributed by atoms with Gasteiger partial charge in [0, 0.05) is 6.20 Å². The Morgan fingerprint density at radius 2 is 2.57 bits per heavy atom. The first-order valence-electron chi connectivity index (χ1n) is 2.02. The molecule has 2 nitrogen and oxygen atoms in total. The van der Waals surface area contributed by atoms with Crippen molar-refractivity contribution >= 4 is 19.0 Å². The third-order valence-electron chi connectivity index (χ3n) is 0.666. The second-order valence-electron chi connectivity index (χ2n) is 1.22. The van der Waals surface area contributed by atoms with Crippen LogP contribution in [-0.4, -0.2) is 11.7 Å². The molecule has 1 heterocycles. The molecule has 0 aromatic heterocycles. The normalized spacial score (nSPS) is 27.3. The summed E-state index contributed by atoms with van der Waals surface area (Å²) in [4.78, 5) is 3.87. The molecule has 0 saturated heterocycles. The van der Waals surface area contributed by atoms with Crippen LogP contribution in [0.15, 0.2) is 17.3 Å². The van der Waals surface area contributed by atoms with E-state index in [1.54, 1.807) is 6.34 Å². The Morgan fingerprint density at radius 3 is 2.86 bits per heavy atom. The van der Waals surface area contributed by atoms with Gasteiger partial charge in [-0.3, -0.25) is 4.99 Å². The van der Waals surface area contributed by atoms with Gasteiger partial charge in [-0.1, -0.05) is 0 Å². The van der Waals surface area contributed by atoms with E-state index in [4.69, 9.17) is 0 Å². The summed E-state index contributed by atoms with van der Waals surface area (Å²) in [5, 5.41) is 2.85. The van der Waals surface area contributed by atoms with Crippen LogP contribution in [0.4, 0.5) is 0 Å². The minimum absolute atomic E-state index is 0.0567. The van der Waals surface area contributed by atoms with E-state index in [2.05, 4.69) is 22.9 Å². The highest BCUT2D eigenvalue weighted by molar-refractivity contribution is 7.81. The van der Waals surface area contributed by atoms with E-state index in [1.807, 2.05) is 12.3 Å². The van der Waals surface area contributed by atoms with Gasteiger partial charge in [-0.15, -0.1) is 12.6 Å². The first-order chi connectivity index (χ1) is 3.39. The monoisotopic (exact) mass is 114 g/mol. The minimum Gasteiger partial charge on any atom is -0.353 e. The van der Waals surface area contributed by atoms with Crippen molar-refractivity contribution in [3.05, 3.63) is 12.3 Å². The fraction of sp³-hybridized carbons (Fsp3) is 0.250. The number of thiol groups is 1. The first kappa shape index (κ1) is 4.71. The van der Waals surface area contributed by atoms with E-state index in [9.17, 15) is 0 Å². The molecule has 0 spiro atoms. The summed E-state index contributed by atoms with van der Waals surface area (Å²) in [7, 11) is 0. The Labute approximate surface area is 47.7 Å². The lowest BCUT2D eigenvalue weighted by atomic mass is 10.6. The molecule has 1 N–H and O–H groups in total. The van der Waals surface area contributed by atoms with E-state index in [1.165, 1.54) is 0 Å². The topological polar surface area (TPSA) is 24.4 Å². The predicted molar refractivity (Wildman–Crippen MR) is 33.5 cm³/mol. The summed E-state index contributed by atoms with van der Waals surface area (Å²) in [6.45, 7) is 0. The minimum atomic E-state index is 0.0567. The lowest BCUT2D eigenvalue weighted by molar-refractivity contribution is 1.09. The average molecular weight is 114 g/mol. The van der Waals surface area contributed by atoms with Gasteiger partial charge in [0.05, 0.1) is 6.34 Å². The molecule has 0 aliphatic carbocycles. The molecule has 1 aliphatic rings. The van der Waals surface area contributed by atoms with Crippen LogP contribution in [0.2, 0.25) is 0 Å². The number of hydrogen-bond donors (Lipinski definition) is 2. The van der Waals surface area contributed by atoms with Gasteiger partial charge >= 0.3 is 0 Å². The summed E-state index contributed by atoms with van der Waals surface area (Å²) in [6.07, 6.45) is 5.30. The van der Waals surface area contributed by atoms with Gasteiger partial charge in [0.25, 0.3) is 0 Å². The van der Waals surface area contributed by atoms with Gasteiger partial charge < -0.3 is 5.32 Å². The van der Waals surface area contributed by atoms with Crippen molar-refractivity contribution in [1.82, 2.24) is 5.32 Å². The summed E-state index contributed by atoms with van der Waals surface area (Å²) < 4.78 is 0. The molecule has 0 aromatic carbocycles. The molecule has 0 bridgehead atoms. The van der Waals surface area contributed by atoms with Gasteiger partial charge in [0.2, 0.25) is 0 Å². The fourth-order valence-electron chi connectivity index (χ4n) is 0.354. The molecule has 1 aliphatic heterocycles. The van der Waals surface area contributed by atoms with Crippen LogP contribution < -0.4 is 5.32 Å². The second kappa shape index (κ2) is 2.02. The quantitative estimate of drug-likeness (QED) is 0.437. The van der Waals surface area contributed by atoms with E-state index < -0.39 is 0 Å². The Morgan fingerprint density at radius 1 is 1.71 bits per heavy atom. The maximum atomic E-state index is 4.04. The summed E-state index contributed by atoms with van der Waals surface area (Å²) >= 11 is 4.04. The first-order valence-corrected chi connectivity index (χ1v) is 2.54. The molecule has 0 amide bonds. The fourth-order valence-corrected chi connectivity index (χ4v) is 0.506. The van der Waals surface area contributed by atoms with Crippen molar-refractivity contribution in [2.75, 3.05) is 0 Å². The largest absolute Gasteiger partial charge is 0.353 e. The van der Waals surface area contributed by atoms with Crippen molar-refractivity contribution in [1.29, 1.82) is 0 Å². The molecule has 0 saturated carbocycles. The van der Waals surface area contributed by atoms with Crippen LogP contribution >= 0.6 is 12.6 Å². The lowest BCUT2D eigenvalue weighted by Gasteiger charge is -2.01. The molecule has 0 aromatic rings. The summed E-state index contributed by atoms with van der Waals surface area (Å²) in [5.74, 6) is 0. The van der Waals surface area contributed by atoms with Crippen molar-refractivity contribution in [3.8, 4) is 0 Å². The number of rotatable bonds is 0. The van der Waals surface area contributed by atoms with Crippen LogP contribution in [0.5, 0.6) is 0 Å². The van der Waals surface area contributed by atoms with Gasteiger partial charge in [0.1, 0.15) is 5.37 Å². The van der Waals surface area contributed by atoms with Crippen LogP contribution in [0.3, 0.4) is 0 Å². The number of aliphatic imine (C=N–C) groups is 1. The molecule has 38 valence electrons. The standard InChI is InChI=1S/C4H6N2S/c7-4-1-2-5-3-6-4/h1-4,7H,(H,5,6). The highest BCUT2D eigenvalue weighted by atomic mass is 32.1. The van der Waals surface area contributed by atoms with Gasteiger partial charge in [-0.2, -0.15) is 0 Å². The number of nitrogens with zero attached hydrogens (tertiary/aromatic N) is 1. The van der Waals surface area contributed by atoms with Gasteiger partial charge in [-0.05, 0) is 6.08 Å². The third-order valence-corrected chi connectivity index (χ3v) is 0.972. The molecule has 0 fully saturated rings. The van der Waals surface area contributed by atoms with E-state index >= 15 is 0 Å². The molecular weight excluding hydrogens is 108 g/mol. The lowest BCUT2D eigenvalue weighted by Crippen LogP contribution is -2.08. The zero-order chi connectivity index (χ0) is 5.11. The van der Waals surface area contributed by atoms with Crippen molar-refractivity contribution in [2.24, 2.45) is 4.99 Å². The van der Waals surface area contributed by atoms with Crippen molar-refractivity contribution < 1.29 is 0 Å². The SMILES string of the molecule is SC1C=CNC=N1. The molecule has 3 heteroatoms. The molecule has 1 atom stereocenters. The Hall–Kier alpha value is -0.440. The molecular formula is C4H6N2S. The predicted octanol–water partition coefficient (Wildman–Crippen LogP) is 0.388. The highest BCUT2D eigenvalue weighted by Gasteiger charge is 1.91. The smallest absolute Gasteiger partial charge is 0.114 e. The van der Waals surface area contributed by atoms with E-state index in [-0.39, 0.29) is 5.37 Å². The number of nitrogens with one attached hydrogen (secondary N) is 1. The number of hydrogen-bond acceptors (Lipinski definition) is 3. The second-order valence-corrected chi connectivity index (χ2v) is 1.75.